The van der Waals surface area contributed by atoms with E-state index < -0.39 is 0 Å². The largest absolute Gasteiger partial charge is 0.394 e. The van der Waals surface area contributed by atoms with Gasteiger partial charge >= 0.3 is 0 Å². The fourth-order valence-electron chi connectivity index (χ4n) is 2.49. The van der Waals surface area contributed by atoms with Gasteiger partial charge in [-0.2, -0.15) is 0 Å². The Balaban J connectivity index is 2.29. The van der Waals surface area contributed by atoms with Crippen molar-refractivity contribution in [2.45, 2.75) is 24.3 Å². The molecule has 2 atom stereocenters. The number of aliphatic hydroxyl groups excluding tert-OH is 1. The molecule has 1 aromatic rings. The van der Waals surface area contributed by atoms with Crippen molar-refractivity contribution in [1.29, 1.82) is 0 Å². The van der Waals surface area contributed by atoms with Crippen LogP contribution in [0.3, 0.4) is 0 Å². The van der Waals surface area contributed by atoms with Crippen molar-refractivity contribution in [1.82, 2.24) is 4.90 Å². The number of nitrogens with zero attached hydrogens (tertiary/aromatic N) is 1. The highest BCUT2D eigenvalue weighted by molar-refractivity contribution is 7.98. The second-order valence-electron chi connectivity index (χ2n) is 4.86. The zero-order valence-corrected chi connectivity index (χ0v) is 12.7. The number of carbonyl (C=O) groups excluding carboxylic acids is 1. The minimum Gasteiger partial charge on any atom is -0.394 e. The Kier molecular flexibility index (Phi) is 4.76. The van der Waals surface area contributed by atoms with Crippen molar-refractivity contribution >= 4 is 29.3 Å². The van der Waals surface area contributed by atoms with E-state index in [0.717, 1.165) is 11.3 Å². The molecule has 0 aliphatic carbocycles. The molecule has 3 nitrogen and oxygen atoms in total. The van der Waals surface area contributed by atoms with Crippen molar-refractivity contribution in [3.63, 3.8) is 0 Å². The Labute approximate surface area is 122 Å². The summed E-state index contributed by atoms with van der Waals surface area (Å²) in [7, 11) is 0. The number of likely N-dealkylation sites (tertiary alicyclic amines) is 1. The zero-order valence-electron chi connectivity index (χ0n) is 11.1. The molecule has 1 aromatic carbocycles. The molecule has 0 radical (unpaired) electrons. The van der Waals surface area contributed by atoms with Crippen LogP contribution in [0.25, 0.3) is 0 Å². The standard InChI is InChI=1S/C14H18ClNO2S/c1-9-5-6-16(13(9)8-17)14(18)11-7-10(19-2)3-4-12(11)15/h3-4,7,9,13,17H,5-6,8H2,1-2H3. The average molecular weight is 300 g/mol. The molecule has 19 heavy (non-hydrogen) atoms. The molecule has 1 heterocycles. The highest BCUT2D eigenvalue weighted by atomic mass is 35.5. The lowest BCUT2D eigenvalue weighted by molar-refractivity contribution is 0.0648. The van der Waals surface area contributed by atoms with Crippen LogP contribution in [-0.2, 0) is 0 Å². The highest BCUT2D eigenvalue weighted by Crippen LogP contribution is 2.29. The summed E-state index contributed by atoms with van der Waals surface area (Å²) in [4.78, 5) is 15.3. The third kappa shape index (κ3) is 2.91. The van der Waals surface area contributed by atoms with Crippen molar-refractivity contribution in [2.24, 2.45) is 5.92 Å². The zero-order chi connectivity index (χ0) is 14.0. The molecular weight excluding hydrogens is 282 g/mol. The van der Waals surface area contributed by atoms with Crippen LogP contribution in [0.4, 0.5) is 0 Å². The summed E-state index contributed by atoms with van der Waals surface area (Å²) in [6.45, 7) is 2.76. The van der Waals surface area contributed by atoms with E-state index in [1.165, 1.54) is 0 Å². The van der Waals surface area contributed by atoms with E-state index in [1.807, 2.05) is 18.4 Å². The lowest BCUT2D eigenvalue weighted by Crippen LogP contribution is -2.39. The van der Waals surface area contributed by atoms with E-state index in [2.05, 4.69) is 6.92 Å². The maximum Gasteiger partial charge on any atom is 0.255 e. The number of hydrogen-bond acceptors (Lipinski definition) is 3. The van der Waals surface area contributed by atoms with Gasteiger partial charge < -0.3 is 10.0 Å². The number of hydrogen-bond donors (Lipinski definition) is 1. The summed E-state index contributed by atoms with van der Waals surface area (Å²) in [6, 6.07) is 5.39. The van der Waals surface area contributed by atoms with Crippen molar-refractivity contribution in [3.05, 3.63) is 28.8 Å². The van der Waals surface area contributed by atoms with Gasteiger partial charge in [-0.05, 0) is 36.8 Å². The highest BCUT2D eigenvalue weighted by Gasteiger charge is 2.34. The molecule has 1 amide bonds. The predicted molar refractivity (Wildman–Crippen MR) is 78.9 cm³/mol. The SMILES string of the molecule is CSc1ccc(Cl)c(C(=O)N2CCC(C)C2CO)c1. The van der Waals surface area contributed by atoms with E-state index in [1.54, 1.807) is 22.7 Å². The van der Waals surface area contributed by atoms with E-state index in [-0.39, 0.29) is 18.6 Å². The molecule has 0 bridgehead atoms. The number of halogens is 1. The Bertz CT molecular complexity index is 481. The first-order valence-corrected chi connectivity index (χ1v) is 7.94. The molecule has 2 unspecified atom stereocenters. The minimum absolute atomic E-state index is 0.00669. The van der Waals surface area contributed by atoms with Crippen LogP contribution in [0.1, 0.15) is 23.7 Å². The van der Waals surface area contributed by atoms with Gasteiger partial charge in [-0.25, -0.2) is 0 Å². The summed E-state index contributed by atoms with van der Waals surface area (Å²) in [6.07, 6.45) is 2.89. The first-order chi connectivity index (χ1) is 9.08. The predicted octanol–water partition coefficient (Wildman–Crippen LogP) is 2.90. The van der Waals surface area contributed by atoms with Crippen molar-refractivity contribution < 1.29 is 9.90 Å². The van der Waals surface area contributed by atoms with Crippen LogP contribution in [0.15, 0.2) is 23.1 Å². The molecule has 1 N–H and O–H groups in total. The number of carbonyl (C=O) groups is 1. The Hall–Kier alpha value is -0.710. The molecule has 1 aliphatic heterocycles. The molecule has 1 aliphatic rings. The molecule has 0 saturated carbocycles. The number of rotatable bonds is 3. The first-order valence-electron chi connectivity index (χ1n) is 6.33. The van der Waals surface area contributed by atoms with Gasteiger partial charge in [0.2, 0.25) is 0 Å². The second kappa shape index (κ2) is 6.16. The molecule has 0 aromatic heterocycles. The van der Waals surface area contributed by atoms with Crippen molar-refractivity contribution in [3.8, 4) is 0 Å². The lowest BCUT2D eigenvalue weighted by atomic mass is 10.0. The number of benzene rings is 1. The van der Waals surface area contributed by atoms with E-state index >= 15 is 0 Å². The monoisotopic (exact) mass is 299 g/mol. The number of aliphatic hydroxyl groups is 1. The Morgan fingerprint density at radius 3 is 2.95 bits per heavy atom. The summed E-state index contributed by atoms with van der Waals surface area (Å²) in [5.74, 6) is 0.251. The van der Waals surface area contributed by atoms with Crippen LogP contribution in [0, 0.1) is 5.92 Å². The van der Waals surface area contributed by atoms with Gasteiger partial charge in [-0.15, -0.1) is 11.8 Å². The van der Waals surface area contributed by atoms with Crippen LogP contribution in [0.5, 0.6) is 0 Å². The molecule has 0 spiro atoms. The molecule has 2 rings (SSSR count). The molecular formula is C14H18ClNO2S. The molecule has 104 valence electrons. The van der Waals surface area contributed by atoms with E-state index in [4.69, 9.17) is 11.6 Å². The van der Waals surface area contributed by atoms with Gasteiger partial charge in [0.1, 0.15) is 0 Å². The third-order valence-electron chi connectivity index (χ3n) is 3.73. The van der Waals surface area contributed by atoms with E-state index in [9.17, 15) is 9.90 Å². The Morgan fingerprint density at radius 2 is 2.32 bits per heavy atom. The summed E-state index contributed by atoms with van der Waals surface area (Å²) in [5.41, 5.74) is 0.529. The maximum absolute atomic E-state index is 12.6. The smallest absolute Gasteiger partial charge is 0.255 e. The summed E-state index contributed by atoms with van der Waals surface area (Å²) in [5, 5.41) is 9.91. The van der Waals surface area contributed by atoms with Gasteiger partial charge in [-0.1, -0.05) is 18.5 Å². The fourth-order valence-corrected chi connectivity index (χ4v) is 3.13. The second-order valence-corrected chi connectivity index (χ2v) is 6.15. The topological polar surface area (TPSA) is 40.5 Å². The van der Waals surface area contributed by atoms with Crippen LogP contribution in [-0.4, -0.2) is 41.4 Å². The summed E-state index contributed by atoms with van der Waals surface area (Å²) >= 11 is 7.71. The van der Waals surface area contributed by atoms with Gasteiger partial charge in [0.05, 0.1) is 23.2 Å². The van der Waals surface area contributed by atoms with Crippen LogP contribution in [0.2, 0.25) is 5.02 Å². The first kappa shape index (κ1) is 14.7. The van der Waals surface area contributed by atoms with E-state index in [0.29, 0.717) is 23.0 Å². The fraction of sp³-hybridized carbons (Fsp3) is 0.500. The normalized spacial score (nSPS) is 22.8. The quantitative estimate of drug-likeness (QED) is 0.873. The van der Waals surface area contributed by atoms with Gasteiger partial charge in [0, 0.05) is 11.4 Å². The number of thioether (sulfide) groups is 1. The molecule has 1 fully saturated rings. The maximum atomic E-state index is 12.6. The van der Waals surface area contributed by atoms with Crippen LogP contribution < -0.4 is 0 Å². The Morgan fingerprint density at radius 1 is 1.58 bits per heavy atom. The average Bonchev–Trinajstić information content (AvgIpc) is 2.79. The van der Waals surface area contributed by atoms with Crippen molar-refractivity contribution in [2.75, 3.05) is 19.4 Å². The van der Waals surface area contributed by atoms with Gasteiger partial charge in [-0.3, -0.25) is 4.79 Å². The van der Waals surface area contributed by atoms with Crippen LogP contribution >= 0.6 is 23.4 Å². The lowest BCUT2D eigenvalue weighted by Gasteiger charge is -2.25. The third-order valence-corrected chi connectivity index (χ3v) is 4.79. The minimum atomic E-state index is -0.0958. The number of amides is 1. The molecule has 5 heteroatoms. The molecule has 1 saturated heterocycles. The van der Waals surface area contributed by atoms with Gasteiger partial charge in [0.15, 0.2) is 0 Å². The van der Waals surface area contributed by atoms with Gasteiger partial charge in [0.25, 0.3) is 5.91 Å². The summed E-state index contributed by atoms with van der Waals surface area (Å²) < 4.78 is 0.